The molecule has 0 heterocycles. The first-order valence-electron chi connectivity index (χ1n) is 3.95. The van der Waals surface area contributed by atoms with Crippen LogP contribution in [-0.4, -0.2) is 11.1 Å². The molecule has 0 aliphatic heterocycles. The molecule has 1 atom stereocenters. The molecule has 0 fully saturated rings. The standard InChI is InChI=1S/C8H16O2.CH4/c1-3-5-6-7(4-2)8(9)10;/h7H,3-6H2,1-2H3,(H,9,10);1H4. The van der Waals surface area contributed by atoms with Crippen molar-refractivity contribution in [3.05, 3.63) is 0 Å². The lowest BCUT2D eigenvalue weighted by atomic mass is 10.00. The summed E-state index contributed by atoms with van der Waals surface area (Å²) >= 11 is 0. The van der Waals surface area contributed by atoms with Crippen LogP contribution < -0.4 is 0 Å². The SMILES string of the molecule is C.CCCCC(CC)C(=O)O. The summed E-state index contributed by atoms with van der Waals surface area (Å²) in [5, 5.41) is 8.60. The summed E-state index contributed by atoms with van der Waals surface area (Å²) in [5.74, 6) is -0.754. The van der Waals surface area contributed by atoms with Crippen molar-refractivity contribution < 1.29 is 9.90 Å². The Hall–Kier alpha value is -0.530. The molecule has 0 spiro atoms. The molecule has 0 bridgehead atoms. The van der Waals surface area contributed by atoms with E-state index in [0.717, 1.165) is 25.7 Å². The lowest BCUT2D eigenvalue weighted by Crippen LogP contribution is -2.11. The van der Waals surface area contributed by atoms with Crippen LogP contribution in [0.5, 0.6) is 0 Å². The zero-order chi connectivity index (χ0) is 7.98. The number of hydrogen-bond acceptors (Lipinski definition) is 1. The van der Waals surface area contributed by atoms with Crippen molar-refractivity contribution in [2.45, 2.75) is 47.0 Å². The summed E-state index contributed by atoms with van der Waals surface area (Å²) < 4.78 is 0. The minimum absolute atomic E-state index is 0. The quantitative estimate of drug-likeness (QED) is 0.671. The molecule has 0 aromatic carbocycles. The fourth-order valence-electron chi connectivity index (χ4n) is 0.953. The first-order valence-corrected chi connectivity index (χ1v) is 3.95. The van der Waals surface area contributed by atoms with Gasteiger partial charge in [0.1, 0.15) is 0 Å². The van der Waals surface area contributed by atoms with E-state index >= 15 is 0 Å². The average Bonchev–Trinajstić information content (AvgIpc) is 1.89. The number of hydrogen-bond donors (Lipinski definition) is 1. The normalized spacial score (nSPS) is 11.8. The van der Waals surface area contributed by atoms with E-state index in [1.807, 2.05) is 6.92 Å². The van der Waals surface area contributed by atoms with Gasteiger partial charge < -0.3 is 5.11 Å². The molecule has 11 heavy (non-hydrogen) atoms. The molecule has 0 aromatic rings. The fraction of sp³-hybridized carbons (Fsp3) is 0.889. The molecular formula is C9H20O2. The molecule has 68 valence electrons. The summed E-state index contributed by atoms with van der Waals surface area (Å²) in [5.41, 5.74) is 0. The molecular weight excluding hydrogens is 140 g/mol. The third-order valence-corrected chi connectivity index (χ3v) is 1.75. The van der Waals surface area contributed by atoms with Crippen molar-refractivity contribution in [1.82, 2.24) is 0 Å². The van der Waals surface area contributed by atoms with Crippen LogP contribution in [0.25, 0.3) is 0 Å². The molecule has 2 nitrogen and oxygen atoms in total. The first-order chi connectivity index (χ1) is 4.72. The van der Waals surface area contributed by atoms with Gasteiger partial charge in [0.15, 0.2) is 0 Å². The van der Waals surface area contributed by atoms with Gasteiger partial charge in [-0.3, -0.25) is 4.79 Å². The van der Waals surface area contributed by atoms with Gasteiger partial charge in [0.05, 0.1) is 5.92 Å². The number of carboxylic acids is 1. The minimum atomic E-state index is -0.643. The summed E-state index contributed by atoms with van der Waals surface area (Å²) in [7, 11) is 0. The Bertz CT molecular complexity index is 99.7. The maximum absolute atomic E-state index is 10.4. The Morgan fingerprint density at radius 2 is 2.00 bits per heavy atom. The highest BCUT2D eigenvalue weighted by molar-refractivity contribution is 5.69. The van der Waals surface area contributed by atoms with Crippen LogP contribution in [0.2, 0.25) is 0 Å². The predicted molar refractivity (Wildman–Crippen MR) is 47.7 cm³/mol. The minimum Gasteiger partial charge on any atom is -0.481 e. The van der Waals surface area contributed by atoms with E-state index in [1.54, 1.807) is 0 Å². The van der Waals surface area contributed by atoms with Crippen LogP contribution in [0.4, 0.5) is 0 Å². The fourth-order valence-corrected chi connectivity index (χ4v) is 0.953. The Labute approximate surface area is 69.6 Å². The van der Waals surface area contributed by atoms with Crippen molar-refractivity contribution in [2.75, 3.05) is 0 Å². The van der Waals surface area contributed by atoms with Crippen LogP contribution in [-0.2, 0) is 4.79 Å². The number of carboxylic acid groups (broad SMARTS) is 1. The van der Waals surface area contributed by atoms with Crippen molar-refractivity contribution in [3.8, 4) is 0 Å². The van der Waals surface area contributed by atoms with E-state index in [4.69, 9.17) is 5.11 Å². The molecule has 0 amide bonds. The summed E-state index contributed by atoms with van der Waals surface area (Å²) in [6.45, 7) is 4.00. The van der Waals surface area contributed by atoms with Gasteiger partial charge in [-0.25, -0.2) is 0 Å². The topological polar surface area (TPSA) is 37.3 Å². The van der Waals surface area contributed by atoms with Gasteiger partial charge in [0.25, 0.3) is 0 Å². The van der Waals surface area contributed by atoms with Crippen molar-refractivity contribution in [3.63, 3.8) is 0 Å². The average molecular weight is 160 g/mol. The van der Waals surface area contributed by atoms with Gasteiger partial charge >= 0.3 is 5.97 Å². The number of unbranched alkanes of at least 4 members (excludes halogenated alkanes) is 1. The zero-order valence-electron chi connectivity index (χ0n) is 6.76. The summed E-state index contributed by atoms with van der Waals surface area (Å²) in [4.78, 5) is 10.4. The molecule has 0 aromatic heterocycles. The van der Waals surface area contributed by atoms with Crippen molar-refractivity contribution >= 4 is 5.97 Å². The molecule has 0 saturated heterocycles. The van der Waals surface area contributed by atoms with Crippen LogP contribution in [0.15, 0.2) is 0 Å². The van der Waals surface area contributed by atoms with Crippen LogP contribution in [0.1, 0.15) is 47.0 Å². The second kappa shape index (κ2) is 7.58. The maximum Gasteiger partial charge on any atom is 0.306 e. The molecule has 0 aliphatic rings. The zero-order valence-corrected chi connectivity index (χ0v) is 6.76. The van der Waals surface area contributed by atoms with E-state index < -0.39 is 5.97 Å². The molecule has 0 aliphatic carbocycles. The van der Waals surface area contributed by atoms with Gasteiger partial charge in [0.2, 0.25) is 0 Å². The van der Waals surface area contributed by atoms with Gasteiger partial charge in [-0.1, -0.05) is 34.1 Å². The van der Waals surface area contributed by atoms with Crippen LogP contribution >= 0.6 is 0 Å². The highest BCUT2D eigenvalue weighted by Gasteiger charge is 2.12. The largest absolute Gasteiger partial charge is 0.481 e. The molecule has 0 radical (unpaired) electrons. The molecule has 2 heteroatoms. The molecule has 0 rings (SSSR count). The van der Waals surface area contributed by atoms with Crippen molar-refractivity contribution in [1.29, 1.82) is 0 Å². The number of aliphatic carboxylic acids is 1. The van der Waals surface area contributed by atoms with Gasteiger partial charge in [0, 0.05) is 0 Å². The summed E-state index contributed by atoms with van der Waals surface area (Å²) in [6, 6.07) is 0. The smallest absolute Gasteiger partial charge is 0.306 e. The maximum atomic E-state index is 10.4. The van der Waals surface area contributed by atoms with E-state index in [0.29, 0.717) is 0 Å². The monoisotopic (exact) mass is 160 g/mol. The number of carbonyl (C=O) groups is 1. The highest BCUT2D eigenvalue weighted by atomic mass is 16.4. The molecule has 1 unspecified atom stereocenters. The van der Waals surface area contributed by atoms with E-state index in [1.165, 1.54) is 0 Å². The lowest BCUT2D eigenvalue weighted by Gasteiger charge is -2.06. The van der Waals surface area contributed by atoms with Gasteiger partial charge in [-0.05, 0) is 12.8 Å². The van der Waals surface area contributed by atoms with Crippen LogP contribution in [0.3, 0.4) is 0 Å². The van der Waals surface area contributed by atoms with Crippen molar-refractivity contribution in [2.24, 2.45) is 5.92 Å². The second-order valence-electron chi connectivity index (χ2n) is 2.59. The molecule has 0 saturated carbocycles. The highest BCUT2D eigenvalue weighted by Crippen LogP contribution is 2.11. The Morgan fingerprint density at radius 3 is 2.27 bits per heavy atom. The predicted octanol–water partition coefficient (Wildman–Crippen LogP) is 2.92. The Morgan fingerprint density at radius 1 is 1.45 bits per heavy atom. The van der Waals surface area contributed by atoms with E-state index in [9.17, 15) is 4.79 Å². The first kappa shape index (κ1) is 13.1. The third kappa shape index (κ3) is 5.89. The number of rotatable bonds is 5. The Balaban J connectivity index is 0. The Kier molecular flexibility index (Phi) is 9.01. The van der Waals surface area contributed by atoms with Gasteiger partial charge in [-0.15, -0.1) is 0 Å². The summed E-state index contributed by atoms with van der Waals surface area (Å²) in [6.07, 6.45) is 3.71. The second-order valence-corrected chi connectivity index (χ2v) is 2.59. The van der Waals surface area contributed by atoms with Crippen LogP contribution in [0, 0.1) is 5.92 Å². The van der Waals surface area contributed by atoms with E-state index in [-0.39, 0.29) is 13.3 Å². The third-order valence-electron chi connectivity index (χ3n) is 1.75. The van der Waals surface area contributed by atoms with Gasteiger partial charge in [-0.2, -0.15) is 0 Å². The molecule has 1 N–H and O–H groups in total. The van der Waals surface area contributed by atoms with E-state index in [2.05, 4.69) is 6.92 Å². The lowest BCUT2D eigenvalue weighted by molar-refractivity contribution is -0.142.